The maximum Gasteiger partial charge on any atom is 0.496 e. The molecule has 31 heavy (non-hydrogen) atoms. The van der Waals surface area contributed by atoms with Gasteiger partial charge in [0.2, 0.25) is 0 Å². The summed E-state index contributed by atoms with van der Waals surface area (Å²) in [7, 11) is -5.67. The van der Waals surface area contributed by atoms with Crippen molar-refractivity contribution in [1.82, 2.24) is 4.98 Å². The highest BCUT2D eigenvalue weighted by Gasteiger charge is 2.52. The highest BCUT2D eigenvalue weighted by atomic mass is 35.5. The number of nitrogens with zero attached hydrogens (tertiary/aromatic N) is 1. The second kappa shape index (κ2) is 7.61. The van der Waals surface area contributed by atoms with E-state index >= 15 is 0 Å². The topological polar surface area (TPSA) is 77.5 Å². The monoisotopic (exact) mass is 480 g/mol. The van der Waals surface area contributed by atoms with Gasteiger partial charge in [-0.15, -0.1) is 0 Å². The van der Waals surface area contributed by atoms with Crippen molar-refractivity contribution in [2.24, 2.45) is 0 Å². The Morgan fingerprint density at radius 1 is 1.10 bits per heavy atom. The minimum atomic E-state index is -4.96. The van der Waals surface area contributed by atoms with Gasteiger partial charge in [0, 0.05) is 11.7 Å². The third kappa shape index (κ3) is 4.66. The van der Waals surface area contributed by atoms with Crippen LogP contribution in [0.2, 0.25) is 5.02 Å². The minimum absolute atomic E-state index is 0.0783. The predicted molar refractivity (Wildman–Crippen MR) is 107 cm³/mol. The number of hydrogen-bond acceptors (Lipinski definition) is 5. The molecule has 1 aliphatic rings. The van der Waals surface area contributed by atoms with Crippen molar-refractivity contribution in [2.75, 3.05) is 4.72 Å². The van der Waals surface area contributed by atoms with Crippen LogP contribution in [0.25, 0.3) is 0 Å². The molecule has 0 radical (unpaired) electrons. The third-order valence-corrected chi connectivity index (χ3v) is 6.98. The first-order chi connectivity index (χ1) is 14.0. The number of alkyl halides is 3. The van der Waals surface area contributed by atoms with Crippen molar-refractivity contribution in [3.63, 3.8) is 0 Å². The zero-order valence-corrected chi connectivity index (χ0v) is 18.4. The summed E-state index contributed by atoms with van der Waals surface area (Å²) in [5.41, 5.74) is -3.78. The molecule has 0 bridgehead atoms. The predicted octanol–water partition coefficient (Wildman–Crippen LogP) is 3.99. The van der Waals surface area contributed by atoms with Crippen LogP contribution in [0.5, 0.6) is 0 Å². The summed E-state index contributed by atoms with van der Waals surface area (Å²) in [6.45, 7) is 7.02. The van der Waals surface area contributed by atoms with Crippen molar-refractivity contribution in [2.45, 2.75) is 50.0 Å². The Bertz CT molecular complexity index is 1110. The van der Waals surface area contributed by atoms with Gasteiger partial charge in [0.25, 0.3) is 10.0 Å². The van der Waals surface area contributed by atoms with E-state index < -0.39 is 61.6 Å². The van der Waals surface area contributed by atoms with Crippen LogP contribution in [0.3, 0.4) is 0 Å². The van der Waals surface area contributed by atoms with E-state index in [0.717, 1.165) is 30.5 Å². The molecular formula is C18H18BClF4N2O4S. The summed E-state index contributed by atoms with van der Waals surface area (Å²) < 4.78 is 92.5. The lowest BCUT2D eigenvalue weighted by Gasteiger charge is -2.32. The Labute approximate surface area is 182 Å². The molecule has 0 amide bonds. The third-order valence-electron chi connectivity index (χ3n) is 5.13. The maximum atomic E-state index is 13.5. The van der Waals surface area contributed by atoms with E-state index in [1.54, 1.807) is 27.7 Å². The molecule has 0 atom stereocenters. The van der Waals surface area contributed by atoms with Crippen LogP contribution < -0.4 is 10.2 Å². The standard InChI is InChI=1S/C18H18BClF4N2O4S/c1-16(2)17(3,4)30-19(29-16)10-7-13(15(25-9-10)18(22,23)24)26-31(27,28)14-6-5-11(21)8-12(14)20/h5-9,26H,1-4H3. The van der Waals surface area contributed by atoms with Gasteiger partial charge in [0.1, 0.15) is 10.7 Å². The van der Waals surface area contributed by atoms with Crippen LogP contribution in [0.4, 0.5) is 23.2 Å². The molecule has 2 heterocycles. The fourth-order valence-corrected chi connectivity index (χ4v) is 4.38. The lowest BCUT2D eigenvalue weighted by atomic mass is 9.80. The van der Waals surface area contributed by atoms with Gasteiger partial charge in [-0.3, -0.25) is 9.71 Å². The van der Waals surface area contributed by atoms with Crippen LogP contribution in [0.15, 0.2) is 35.4 Å². The van der Waals surface area contributed by atoms with Crippen molar-refractivity contribution < 1.29 is 35.3 Å². The SMILES string of the molecule is CC1(C)OB(c2cnc(C(F)(F)F)c(NS(=O)(=O)c3ccc(F)cc3Cl)c2)OC1(C)C. The van der Waals surface area contributed by atoms with E-state index in [-0.39, 0.29) is 5.46 Å². The first-order valence-corrected chi connectivity index (χ1v) is 10.8. The van der Waals surface area contributed by atoms with Crippen molar-refractivity contribution in [3.05, 3.63) is 47.0 Å². The zero-order valence-electron chi connectivity index (χ0n) is 16.8. The second-order valence-electron chi connectivity index (χ2n) is 7.93. The van der Waals surface area contributed by atoms with E-state index in [2.05, 4.69) is 4.98 Å². The van der Waals surface area contributed by atoms with Gasteiger partial charge in [0.05, 0.1) is 21.9 Å². The molecule has 1 aromatic carbocycles. The quantitative estimate of drug-likeness (QED) is 0.529. The number of sulfonamides is 1. The van der Waals surface area contributed by atoms with Crippen LogP contribution in [-0.2, 0) is 25.5 Å². The van der Waals surface area contributed by atoms with Gasteiger partial charge < -0.3 is 9.31 Å². The number of halogens is 5. The van der Waals surface area contributed by atoms with E-state index in [1.165, 1.54) is 0 Å². The highest BCUT2D eigenvalue weighted by molar-refractivity contribution is 7.92. The molecule has 0 unspecified atom stereocenters. The Morgan fingerprint density at radius 3 is 2.19 bits per heavy atom. The minimum Gasteiger partial charge on any atom is -0.399 e. The maximum absolute atomic E-state index is 13.5. The van der Waals surface area contributed by atoms with Crippen LogP contribution in [0.1, 0.15) is 33.4 Å². The molecule has 1 aliphatic heterocycles. The van der Waals surface area contributed by atoms with E-state index in [1.807, 2.05) is 4.72 Å². The number of rotatable bonds is 4. The molecule has 0 spiro atoms. The van der Waals surface area contributed by atoms with Gasteiger partial charge in [-0.2, -0.15) is 13.2 Å². The summed E-state index contributed by atoms with van der Waals surface area (Å²) in [6, 6.07) is 3.34. The number of benzene rings is 1. The first-order valence-electron chi connectivity index (χ1n) is 8.94. The van der Waals surface area contributed by atoms with E-state index in [0.29, 0.717) is 0 Å². The molecule has 168 valence electrons. The van der Waals surface area contributed by atoms with Crippen molar-refractivity contribution in [1.29, 1.82) is 0 Å². The second-order valence-corrected chi connectivity index (χ2v) is 9.99. The molecule has 1 N–H and O–H groups in total. The largest absolute Gasteiger partial charge is 0.496 e. The fraction of sp³-hybridized carbons (Fsp3) is 0.389. The number of anilines is 1. The Balaban J connectivity index is 2.05. The van der Waals surface area contributed by atoms with Crippen LogP contribution >= 0.6 is 11.6 Å². The molecule has 1 fully saturated rings. The fourth-order valence-electron chi connectivity index (χ4n) is 2.79. The lowest BCUT2D eigenvalue weighted by Crippen LogP contribution is -2.41. The Morgan fingerprint density at radius 2 is 1.68 bits per heavy atom. The summed E-state index contributed by atoms with van der Waals surface area (Å²) >= 11 is 5.77. The molecule has 1 saturated heterocycles. The molecule has 6 nitrogen and oxygen atoms in total. The molecule has 3 rings (SSSR count). The van der Waals surface area contributed by atoms with Gasteiger partial charge in [-0.1, -0.05) is 11.6 Å². The van der Waals surface area contributed by atoms with Gasteiger partial charge in [0.15, 0.2) is 5.69 Å². The molecule has 0 aliphatic carbocycles. The molecule has 13 heteroatoms. The van der Waals surface area contributed by atoms with Gasteiger partial charge in [-0.05, 0) is 52.0 Å². The first kappa shape index (κ1) is 23.8. The highest BCUT2D eigenvalue weighted by Crippen LogP contribution is 2.38. The summed E-state index contributed by atoms with van der Waals surface area (Å²) in [4.78, 5) is 2.81. The molecular weight excluding hydrogens is 463 g/mol. The number of nitrogens with one attached hydrogen (secondary N) is 1. The van der Waals surface area contributed by atoms with E-state index in [9.17, 15) is 26.0 Å². The zero-order chi connectivity index (χ0) is 23.4. The smallest absolute Gasteiger partial charge is 0.399 e. The Hall–Kier alpha value is -1.89. The van der Waals surface area contributed by atoms with Gasteiger partial charge in [-0.25, -0.2) is 12.8 Å². The van der Waals surface area contributed by atoms with Crippen LogP contribution in [-0.4, -0.2) is 31.7 Å². The van der Waals surface area contributed by atoms with Crippen molar-refractivity contribution in [3.8, 4) is 0 Å². The van der Waals surface area contributed by atoms with Crippen LogP contribution in [0, 0.1) is 5.82 Å². The van der Waals surface area contributed by atoms with Gasteiger partial charge >= 0.3 is 13.3 Å². The van der Waals surface area contributed by atoms with E-state index in [4.69, 9.17) is 20.9 Å². The average molecular weight is 481 g/mol. The molecule has 2 aromatic rings. The normalized spacial score (nSPS) is 18.3. The number of pyridine rings is 1. The lowest BCUT2D eigenvalue weighted by molar-refractivity contribution is -0.140. The Kier molecular flexibility index (Phi) is 5.84. The number of hydrogen-bond donors (Lipinski definition) is 1. The summed E-state index contributed by atoms with van der Waals surface area (Å²) in [5, 5.41) is -0.490. The summed E-state index contributed by atoms with van der Waals surface area (Å²) in [6.07, 6.45) is -4.05. The summed E-state index contributed by atoms with van der Waals surface area (Å²) in [5.74, 6) is -0.802. The van der Waals surface area contributed by atoms with Crippen molar-refractivity contribution >= 4 is 39.9 Å². The average Bonchev–Trinajstić information content (AvgIpc) is 2.80. The molecule has 0 saturated carbocycles. The molecule has 1 aromatic heterocycles. The number of aromatic nitrogens is 1.